The van der Waals surface area contributed by atoms with Crippen molar-refractivity contribution in [3.8, 4) is 5.88 Å². The molecule has 0 fully saturated rings. The minimum Gasteiger partial charge on any atom is -0.478 e. The van der Waals surface area contributed by atoms with Crippen LogP contribution in [0.5, 0.6) is 5.88 Å². The van der Waals surface area contributed by atoms with Gasteiger partial charge in [0, 0.05) is 19.8 Å². The molecule has 0 amide bonds. The Morgan fingerprint density at radius 1 is 1.32 bits per heavy atom. The van der Waals surface area contributed by atoms with E-state index in [-0.39, 0.29) is 17.7 Å². The zero-order valence-corrected chi connectivity index (χ0v) is 16.0. The van der Waals surface area contributed by atoms with Gasteiger partial charge in [-0.3, -0.25) is 4.79 Å². The fourth-order valence-corrected chi connectivity index (χ4v) is 2.44. The summed E-state index contributed by atoms with van der Waals surface area (Å²) in [4.78, 5) is 19.9. The van der Waals surface area contributed by atoms with E-state index in [0.29, 0.717) is 18.1 Å². The van der Waals surface area contributed by atoms with Crippen LogP contribution in [-0.4, -0.2) is 36.2 Å². The molecule has 0 N–H and O–H groups in total. The van der Waals surface area contributed by atoms with Crippen LogP contribution in [-0.2, 0) is 16.0 Å². The van der Waals surface area contributed by atoms with Crippen molar-refractivity contribution >= 4 is 25.6 Å². The Morgan fingerprint density at radius 3 is 2.50 bits per heavy atom. The van der Waals surface area contributed by atoms with Crippen molar-refractivity contribution in [2.24, 2.45) is 0 Å². The number of ether oxygens (including phenoxy) is 2. The number of rotatable bonds is 6. The number of halogens is 1. The molecule has 0 aromatic carbocycles. The Kier molecular flexibility index (Phi) is 6.37. The van der Waals surface area contributed by atoms with Gasteiger partial charge in [0.05, 0.1) is 13.0 Å². The van der Waals surface area contributed by atoms with E-state index in [1.54, 1.807) is 0 Å². The van der Waals surface area contributed by atoms with Gasteiger partial charge in [-0.05, 0) is 38.4 Å². The summed E-state index contributed by atoms with van der Waals surface area (Å²) in [5, 5.41) is 0.107. The van der Waals surface area contributed by atoms with Crippen LogP contribution in [0.25, 0.3) is 0 Å². The molecule has 5 nitrogen and oxygen atoms in total. The first kappa shape index (κ1) is 18.9. The summed E-state index contributed by atoms with van der Waals surface area (Å²) in [7, 11) is -1.20. The molecule has 1 heterocycles. The molecule has 0 aliphatic carbocycles. The molecule has 0 bridgehead atoms. The van der Waals surface area contributed by atoms with Gasteiger partial charge in [0.15, 0.2) is 0 Å². The SMILES string of the molecule is CC(C)(C)OC(=O)Cc1cnc(Cl)nc1OCC[Si](C)(C)C. The average molecular weight is 345 g/mol. The van der Waals surface area contributed by atoms with Crippen molar-refractivity contribution in [2.75, 3.05) is 6.61 Å². The highest BCUT2D eigenvalue weighted by Crippen LogP contribution is 2.20. The van der Waals surface area contributed by atoms with Crippen LogP contribution in [0.2, 0.25) is 31.0 Å². The molecule has 7 heteroatoms. The molecule has 1 aromatic heterocycles. The third-order valence-corrected chi connectivity index (χ3v) is 4.53. The largest absolute Gasteiger partial charge is 0.478 e. The predicted molar refractivity (Wildman–Crippen MR) is 90.2 cm³/mol. The number of esters is 1. The van der Waals surface area contributed by atoms with Crippen molar-refractivity contribution in [3.63, 3.8) is 0 Å². The third-order valence-electron chi connectivity index (χ3n) is 2.64. The Bertz CT molecular complexity index is 524. The van der Waals surface area contributed by atoms with Crippen LogP contribution >= 0.6 is 11.6 Å². The quantitative estimate of drug-likeness (QED) is 0.447. The summed E-state index contributed by atoms with van der Waals surface area (Å²) in [6.45, 7) is 12.9. The Balaban J connectivity index is 2.76. The summed E-state index contributed by atoms with van der Waals surface area (Å²) in [6.07, 6.45) is 1.58. The first-order valence-electron chi connectivity index (χ1n) is 7.32. The number of nitrogens with zero attached hydrogens (tertiary/aromatic N) is 2. The Labute approximate surface area is 138 Å². The highest BCUT2D eigenvalue weighted by molar-refractivity contribution is 6.76. The normalized spacial score (nSPS) is 12.1. The van der Waals surface area contributed by atoms with Crippen molar-refractivity contribution < 1.29 is 14.3 Å². The van der Waals surface area contributed by atoms with Crippen LogP contribution in [0.15, 0.2) is 6.20 Å². The van der Waals surface area contributed by atoms with E-state index in [1.807, 2.05) is 20.8 Å². The van der Waals surface area contributed by atoms with Gasteiger partial charge >= 0.3 is 5.97 Å². The molecule has 0 aliphatic heterocycles. The number of carbonyl (C=O) groups is 1. The standard InChI is InChI=1S/C15H25ClN2O3Si/c1-15(2,3)21-12(19)9-11-10-17-14(16)18-13(11)20-7-8-22(4,5)6/h10H,7-9H2,1-6H3. The molecular formula is C15H25ClN2O3Si. The first-order valence-corrected chi connectivity index (χ1v) is 11.4. The molecule has 22 heavy (non-hydrogen) atoms. The molecule has 0 saturated carbocycles. The Morgan fingerprint density at radius 2 is 1.95 bits per heavy atom. The van der Waals surface area contributed by atoms with Gasteiger partial charge in [0.25, 0.3) is 0 Å². The minimum absolute atomic E-state index is 0.0662. The lowest BCUT2D eigenvalue weighted by atomic mass is 10.2. The maximum Gasteiger partial charge on any atom is 0.311 e. The Hall–Kier alpha value is -1.14. The molecular weight excluding hydrogens is 320 g/mol. The number of hydrogen-bond acceptors (Lipinski definition) is 5. The maximum atomic E-state index is 11.9. The van der Waals surface area contributed by atoms with Crippen molar-refractivity contribution in [3.05, 3.63) is 17.0 Å². The fourth-order valence-electron chi connectivity index (χ4n) is 1.60. The molecule has 0 unspecified atom stereocenters. The summed E-state index contributed by atoms with van der Waals surface area (Å²) in [6, 6.07) is 1.00. The topological polar surface area (TPSA) is 61.3 Å². The van der Waals surface area contributed by atoms with E-state index >= 15 is 0 Å². The van der Waals surface area contributed by atoms with E-state index in [2.05, 4.69) is 29.6 Å². The molecule has 0 radical (unpaired) electrons. The number of carbonyl (C=O) groups excluding carboxylic acids is 1. The van der Waals surface area contributed by atoms with Gasteiger partial charge in [-0.1, -0.05) is 19.6 Å². The monoisotopic (exact) mass is 344 g/mol. The van der Waals surface area contributed by atoms with Gasteiger partial charge in [-0.15, -0.1) is 0 Å². The number of aromatic nitrogens is 2. The zero-order valence-electron chi connectivity index (χ0n) is 14.2. The van der Waals surface area contributed by atoms with Gasteiger partial charge in [0.2, 0.25) is 11.2 Å². The molecule has 0 saturated heterocycles. The van der Waals surface area contributed by atoms with Gasteiger partial charge in [0.1, 0.15) is 5.60 Å². The van der Waals surface area contributed by atoms with Crippen molar-refractivity contribution in [1.82, 2.24) is 9.97 Å². The van der Waals surface area contributed by atoms with Crippen molar-refractivity contribution in [1.29, 1.82) is 0 Å². The summed E-state index contributed by atoms with van der Waals surface area (Å²) in [5.74, 6) is 0.0255. The van der Waals surface area contributed by atoms with Gasteiger partial charge in [-0.2, -0.15) is 4.98 Å². The van der Waals surface area contributed by atoms with Crippen LogP contribution in [0.1, 0.15) is 26.3 Å². The molecule has 0 atom stereocenters. The van der Waals surface area contributed by atoms with E-state index in [1.165, 1.54) is 6.20 Å². The highest BCUT2D eigenvalue weighted by Gasteiger charge is 2.20. The molecule has 1 rings (SSSR count). The smallest absolute Gasteiger partial charge is 0.311 e. The second-order valence-electron chi connectivity index (χ2n) is 7.39. The first-order chi connectivity index (χ1) is 9.96. The molecule has 124 valence electrons. The van der Waals surface area contributed by atoms with Crippen LogP contribution in [0.4, 0.5) is 0 Å². The lowest BCUT2D eigenvalue weighted by Crippen LogP contribution is -2.25. The summed E-state index contributed by atoms with van der Waals surface area (Å²) < 4.78 is 11.0. The summed E-state index contributed by atoms with van der Waals surface area (Å²) >= 11 is 5.82. The average Bonchev–Trinajstić information content (AvgIpc) is 2.28. The van der Waals surface area contributed by atoms with Crippen LogP contribution in [0.3, 0.4) is 0 Å². The molecule has 0 aliphatic rings. The van der Waals surface area contributed by atoms with E-state index in [9.17, 15) is 4.79 Å². The minimum atomic E-state index is -1.20. The molecule has 0 spiro atoms. The van der Waals surface area contributed by atoms with Crippen LogP contribution in [0, 0.1) is 0 Å². The fraction of sp³-hybridized carbons (Fsp3) is 0.667. The lowest BCUT2D eigenvalue weighted by molar-refractivity contribution is -0.153. The second-order valence-corrected chi connectivity index (χ2v) is 13.4. The zero-order chi connectivity index (χ0) is 17.0. The molecule has 1 aromatic rings. The van der Waals surface area contributed by atoms with E-state index in [4.69, 9.17) is 21.1 Å². The maximum absolute atomic E-state index is 11.9. The van der Waals surface area contributed by atoms with Crippen LogP contribution < -0.4 is 4.74 Å². The second kappa shape index (κ2) is 7.42. The van der Waals surface area contributed by atoms with Gasteiger partial charge < -0.3 is 9.47 Å². The third kappa shape index (κ3) is 7.75. The van der Waals surface area contributed by atoms with Crippen molar-refractivity contribution in [2.45, 2.75) is 58.5 Å². The van der Waals surface area contributed by atoms with Gasteiger partial charge in [-0.25, -0.2) is 4.98 Å². The number of hydrogen-bond donors (Lipinski definition) is 0. The lowest BCUT2D eigenvalue weighted by Gasteiger charge is -2.20. The van der Waals surface area contributed by atoms with E-state index in [0.717, 1.165) is 6.04 Å². The van der Waals surface area contributed by atoms with E-state index < -0.39 is 13.7 Å². The predicted octanol–water partition coefficient (Wildman–Crippen LogP) is 3.73. The summed E-state index contributed by atoms with van der Waals surface area (Å²) in [5.41, 5.74) is 0.0673. The highest BCUT2D eigenvalue weighted by atomic mass is 35.5.